The molecular formula is C13H17FO2. The Kier molecular flexibility index (Phi) is 4.05. The molecule has 0 radical (unpaired) electrons. The highest BCUT2D eigenvalue weighted by atomic mass is 19.1. The number of carbonyl (C=O) groups is 1. The molecule has 0 aliphatic rings. The molecular weight excluding hydrogens is 207 g/mol. The van der Waals surface area contributed by atoms with Crippen LogP contribution in [0.5, 0.6) is 0 Å². The van der Waals surface area contributed by atoms with Gasteiger partial charge in [0.25, 0.3) is 0 Å². The van der Waals surface area contributed by atoms with E-state index in [0.717, 1.165) is 5.56 Å². The van der Waals surface area contributed by atoms with Gasteiger partial charge in [-0.05, 0) is 35.6 Å². The molecule has 0 saturated heterocycles. The van der Waals surface area contributed by atoms with Crippen LogP contribution in [0.15, 0.2) is 18.2 Å². The second-order valence-corrected chi connectivity index (χ2v) is 4.26. The molecule has 0 amide bonds. The third-order valence-corrected chi connectivity index (χ3v) is 2.76. The maximum absolute atomic E-state index is 13.2. The van der Waals surface area contributed by atoms with Gasteiger partial charge in [-0.15, -0.1) is 0 Å². The number of aryl methyl sites for hydroxylation is 1. The first-order valence-corrected chi connectivity index (χ1v) is 5.48. The Morgan fingerprint density at radius 3 is 2.50 bits per heavy atom. The maximum Gasteiger partial charge on any atom is 0.311 e. The Labute approximate surface area is 95.1 Å². The lowest BCUT2D eigenvalue weighted by molar-refractivity contribution is -0.139. The number of carboxylic acid groups (broad SMARTS) is 1. The van der Waals surface area contributed by atoms with Crippen LogP contribution in [0.25, 0.3) is 0 Å². The van der Waals surface area contributed by atoms with Gasteiger partial charge in [-0.1, -0.05) is 26.8 Å². The fraction of sp³-hybridized carbons (Fsp3) is 0.462. The molecule has 1 atom stereocenters. The highest BCUT2D eigenvalue weighted by Crippen LogP contribution is 2.28. The number of benzene rings is 1. The Hall–Kier alpha value is -1.38. The zero-order valence-corrected chi connectivity index (χ0v) is 9.83. The van der Waals surface area contributed by atoms with Crippen LogP contribution in [0.2, 0.25) is 0 Å². The van der Waals surface area contributed by atoms with E-state index in [0.29, 0.717) is 12.0 Å². The second-order valence-electron chi connectivity index (χ2n) is 4.26. The number of halogens is 1. The molecule has 0 heterocycles. The third-order valence-electron chi connectivity index (χ3n) is 2.76. The first-order valence-electron chi connectivity index (χ1n) is 5.48. The van der Waals surface area contributed by atoms with E-state index in [2.05, 4.69) is 0 Å². The van der Waals surface area contributed by atoms with Gasteiger partial charge in [0.1, 0.15) is 5.82 Å². The predicted octanol–water partition coefficient (Wildman–Crippen LogP) is 3.21. The molecule has 0 aliphatic carbocycles. The minimum atomic E-state index is -0.893. The first-order chi connectivity index (χ1) is 7.47. The van der Waals surface area contributed by atoms with E-state index < -0.39 is 11.9 Å². The standard InChI is InChI=1S/C13H17FO2/c1-4-9-5-6-10(14)7-11(9)12(8(2)3)13(15)16/h5-8,12H,4H2,1-3H3,(H,15,16). The predicted molar refractivity (Wildman–Crippen MR) is 61.0 cm³/mol. The van der Waals surface area contributed by atoms with E-state index in [1.54, 1.807) is 6.07 Å². The SMILES string of the molecule is CCc1ccc(F)cc1C(C(=O)O)C(C)C. The van der Waals surface area contributed by atoms with Crippen molar-refractivity contribution in [3.8, 4) is 0 Å². The number of carboxylic acids is 1. The first kappa shape index (κ1) is 12.7. The van der Waals surface area contributed by atoms with E-state index in [1.807, 2.05) is 20.8 Å². The summed E-state index contributed by atoms with van der Waals surface area (Å²) in [6.07, 6.45) is 0.714. The highest BCUT2D eigenvalue weighted by molar-refractivity contribution is 5.77. The van der Waals surface area contributed by atoms with Crippen LogP contribution in [-0.4, -0.2) is 11.1 Å². The molecule has 0 bridgehead atoms. The van der Waals surface area contributed by atoms with Crippen molar-refractivity contribution in [2.45, 2.75) is 33.1 Å². The normalized spacial score (nSPS) is 12.8. The molecule has 0 spiro atoms. The molecule has 16 heavy (non-hydrogen) atoms. The molecule has 0 aliphatic heterocycles. The van der Waals surface area contributed by atoms with Crippen LogP contribution in [0, 0.1) is 11.7 Å². The van der Waals surface area contributed by atoms with Gasteiger partial charge >= 0.3 is 5.97 Å². The zero-order valence-electron chi connectivity index (χ0n) is 9.83. The Balaban J connectivity index is 3.26. The summed E-state index contributed by atoms with van der Waals surface area (Å²) >= 11 is 0. The fourth-order valence-electron chi connectivity index (χ4n) is 1.95. The number of hydrogen-bond acceptors (Lipinski definition) is 1. The number of hydrogen-bond donors (Lipinski definition) is 1. The summed E-state index contributed by atoms with van der Waals surface area (Å²) < 4.78 is 13.2. The largest absolute Gasteiger partial charge is 0.481 e. The summed E-state index contributed by atoms with van der Waals surface area (Å²) in [5.74, 6) is -1.95. The van der Waals surface area contributed by atoms with Crippen molar-refractivity contribution < 1.29 is 14.3 Å². The van der Waals surface area contributed by atoms with Gasteiger partial charge in [-0.3, -0.25) is 4.79 Å². The van der Waals surface area contributed by atoms with Crippen molar-refractivity contribution in [2.75, 3.05) is 0 Å². The molecule has 1 aromatic carbocycles. The molecule has 1 rings (SSSR count). The van der Waals surface area contributed by atoms with Crippen LogP contribution in [-0.2, 0) is 11.2 Å². The number of rotatable bonds is 4. The van der Waals surface area contributed by atoms with Crippen LogP contribution < -0.4 is 0 Å². The summed E-state index contributed by atoms with van der Waals surface area (Å²) in [4.78, 5) is 11.2. The second kappa shape index (κ2) is 5.10. The van der Waals surface area contributed by atoms with Gasteiger partial charge in [-0.25, -0.2) is 4.39 Å². The van der Waals surface area contributed by atoms with Gasteiger partial charge in [-0.2, -0.15) is 0 Å². The topological polar surface area (TPSA) is 37.3 Å². The van der Waals surface area contributed by atoms with Crippen LogP contribution >= 0.6 is 0 Å². The van der Waals surface area contributed by atoms with Crippen LogP contribution in [0.3, 0.4) is 0 Å². The molecule has 1 aromatic rings. The fourth-order valence-corrected chi connectivity index (χ4v) is 1.95. The lowest BCUT2D eigenvalue weighted by Gasteiger charge is -2.19. The highest BCUT2D eigenvalue weighted by Gasteiger charge is 2.25. The summed E-state index contributed by atoms with van der Waals surface area (Å²) in [7, 11) is 0. The smallest absolute Gasteiger partial charge is 0.311 e. The van der Waals surface area contributed by atoms with Gasteiger partial charge in [0.05, 0.1) is 5.92 Å². The van der Waals surface area contributed by atoms with Gasteiger partial charge in [0.2, 0.25) is 0 Å². The Morgan fingerprint density at radius 1 is 1.44 bits per heavy atom. The Bertz CT molecular complexity index is 386. The monoisotopic (exact) mass is 224 g/mol. The average molecular weight is 224 g/mol. The van der Waals surface area contributed by atoms with E-state index in [-0.39, 0.29) is 11.7 Å². The van der Waals surface area contributed by atoms with Gasteiger partial charge in [0, 0.05) is 0 Å². The lowest BCUT2D eigenvalue weighted by Crippen LogP contribution is -2.19. The number of aliphatic carboxylic acids is 1. The van der Waals surface area contributed by atoms with Crippen molar-refractivity contribution >= 4 is 5.97 Å². The van der Waals surface area contributed by atoms with Crippen molar-refractivity contribution in [2.24, 2.45) is 5.92 Å². The zero-order chi connectivity index (χ0) is 12.3. The van der Waals surface area contributed by atoms with E-state index in [1.165, 1.54) is 12.1 Å². The van der Waals surface area contributed by atoms with Crippen molar-refractivity contribution in [1.29, 1.82) is 0 Å². The minimum absolute atomic E-state index is 0.0513. The molecule has 0 fully saturated rings. The summed E-state index contributed by atoms with van der Waals surface area (Å²) in [5.41, 5.74) is 1.51. The van der Waals surface area contributed by atoms with E-state index >= 15 is 0 Å². The van der Waals surface area contributed by atoms with Crippen LogP contribution in [0.4, 0.5) is 4.39 Å². The van der Waals surface area contributed by atoms with E-state index in [4.69, 9.17) is 0 Å². The maximum atomic E-state index is 13.2. The van der Waals surface area contributed by atoms with Crippen LogP contribution in [0.1, 0.15) is 37.8 Å². The molecule has 88 valence electrons. The van der Waals surface area contributed by atoms with Gasteiger partial charge < -0.3 is 5.11 Å². The molecule has 1 unspecified atom stereocenters. The summed E-state index contributed by atoms with van der Waals surface area (Å²) in [5, 5.41) is 9.19. The van der Waals surface area contributed by atoms with Crippen molar-refractivity contribution in [1.82, 2.24) is 0 Å². The minimum Gasteiger partial charge on any atom is -0.481 e. The quantitative estimate of drug-likeness (QED) is 0.852. The van der Waals surface area contributed by atoms with Crippen molar-refractivity contribution in [3.63, 3.8) is 0 Å². The summed E-state index contributed by atoms with van der Waals surface area (Å²) in [6, 6.07) is 4.39. The molecule has 2 nitrogen and oxygen atoms in total. The molecule has 3 heteroatoms. The van der Waals surface area contributed by atoms with Crippen molar-refractivity contribution in [3.05, 3.63) is 35.1 Å². The average Bonchev–Trinajstić information content (AvgIpc) is 2.17. The third kappa shape index (κ3) is 2.60. The molecule has 0 saturated carbocycles. The molecule has 0 aromatic heterocycles. The lowest BCUT2D eigenvalue weighted by atomic mass is 9.85. The van der Waals surface area contributed by atoms with E-state index in [9.17, 15) is 14.3 Å². The molecule has 1 N–H and O–H groups in total. The van der Waals surface area contributed by atoms with Gasteiger partial charge in [0.15, 0.2) is 0 Å². The Morgan fingerprint density at radius 2 is 2.06 bits per heavy atom. The summed E-state index contributed by atoms with van der Waals surface area (Å²) in [6.45, 7) is 5.61.